The number of carbonyl (C=O) groups is 2. The fraction of sp³-hybridized carbons (Fsp3) is 0.586. The topological polar surface area (TPSA) is 69.6 Å². The molecule has 0 unspecified atom stereocenters. The van der Waals surface area contributed by atoms with E-state index in [0.717, 1.165) is 63.0 Å². The van der Waals surface area contributed by atoms with Crippen LogP contribution in [0, 0.1) is 25.6 Å². The monoisotopic (exact) mass is 507 g/mol. The van der Waals surface area contributed by atoms with Gasteiger partial charge in [0, 0.05) is 55.8 Å². The molecule has 1 aromatic carbocycles. The predicted octanol–water partition coefficient (Wildman–Crippen LogP) is 4.13. The van der Waals surface area contributed by atoms with E-state index in [1.165, 1.54) is 12.4 Å². The van der Waals surface area contributed by atoms with E-state index in [2.05, 4.69) is 21.8 Å². The molecule has 2 saturated heterocycles. The first-order valence-electron chi connectivity index (χ1n) is 13.6. The van der Waals surface area contributed by atoms with Crippen LogP contribution in [-0.2, 0) is 11.3 Å². The first-order valence-corrected chi connectivity index (χ1v) is 13.6. The molecule has 1 aromatic heterocycles. The molecule has 3 fully saturated rings. The van der Waals surface area contributed by atoms with Gasteiger partial charge in [0.05, 0.1) is 17.0 Å². The number of likely N-dealkylation sites (tertiary alicyclic amines) is 2. The van der Waals surface area contributed by atoms with Crippen LogP contribution in [-0.4, -0.2) is 74.2 Å². The summed E-state index contributed by atoms with van der Waals surface area (Å²) in [6, 6.07) is 6.94. The number of piperidine rings is 2. The Morgan fingerprint density at radius 3 is 2.22 bits per heavy atom. The molecule has 0 bridgehead atoms. The molecule has 1 saturated carbocycles. The zero-order valence-electron chi connectivity index (χ0n) is 22.3. The van der Waals surface area contributed by atoms with Crippen molar-refractivity contribution in [3.05, 3.63) is 58.9 Å². The maximum Gasteiger partial charge on any atom is 0.257 e. The van der Waals surface area contributed by atoms with E-state index in [1.54, 1.807) is 12.1 Å². The molecule has 198 valence electrons. The zero-order valence-corrected chi connectivity index (χ0v) is 22.3. The quantitative estimate of drug-likeness (QED) is 0.588. The normalized spacial score (nSPS) is 20.6. The maximum absolute atomic E-state index is 14.4. The van der Waals surface area contributed by atoms with Gasteiger partial charge in [0.25, 0.3) is 5.91 Å². The Hall–Kier alpha value is -2.87. The van der Waals surface area contributed by atoms with E-state index in [4.69, 9.17) is 0 Å². The third-order valence-corrected chi connectivity index (χ3v) is 8.74. The second kappa shape index (κ2) is 10.5. The van der Waals surface area contributed by atoms with Crippen molar-refractivity contribution in [3.63, 3.8) is 0 Å². The van der Waals surface area contributed by atoms with Crippen molar-refractivity contribution in [3.8, 4) is 0 Å². The average molecular weight is 508 g/mol. The van der Waals surface area contributed by atoms with E-state index < -0.39 is 0 Å². The number of aryl methyl sites for hydroxylation is 2. The number of aromatic nitrogens is 2. The average Bonchev–Trinajstić information content (AvgIpc) is 3.74. The zero-order chi connectivity index (χ0) is 26.2. The Morgan fingerprint density at radius 2 is 1.62 bits per heavy atom. The van der Waals surface area contributed by atoms with Crippen LogP contribution in [0.3, 0.4) is 0 Å². The third-order valence-electron chi connectivity index (χ3n) is 8.74. The number of rotatable bonds is 6. The van der Waals surface area contributed by atoms with Crippen LogP contribution in [0.2, 0.25) is 0 Å². The summed E-state index contributed by atoms with van der Waals surface area (Å²) in [5, 5.41) is 0. The highest BCUT2D eigenvalue weighted by Crippen LogP contribution is 2.36. The summed E-state index contributed by atoms with van der Waals surface area (Å²) >= 11 is 0. The second-order valence-electron chi connectivity index (χ2n) is 11.3. The number of benzene rings is 1. The van der Waals surface area contributed by atoms with Crippen molar-refractivity contribution in [1.82, 2.24) is 24.7 Å². The fourth-order valence-electron chi connectivity index (χ4n) is 6.05. The van der Waals surface area contributed by atoms with Crippen LogP contribution in [0.5, 0.6) is 0 Å². The summed E-state index contributed by atoms with van der Waals surface area (Å²) in [6.45, 7) is 9.63. The molecule has 1 aliphatic carbocycles. The molecule has 7 nitrogen and oxygen atoms in total. The van der Waals surface area contributed by atoms with Gasteiger partial charge in [0.15, 0.2) is 0 Å². The molecular weight excluding hydrogens is 469 g/mol. The van der Waals surface area contributed by atoms with Gasteiger partial charge >= 0.3 is 0 Å². The van der Waals surface area contributed by atoms with Crippen molar-refractivity contribution in [1.29, 1.82) is 0 Å². The van der Waals surface area contributed by atoms with Gasteiger partial charge in [-0.25, -0.2) is 14.4 Å². The van der Waals surface area contributed by atoms with E-state index >= 15 is 0 Å². The number of amides is 2. The van der Waals surface area contributed by atoms with Crippen molar-refractivity contribution >= 4 is 11.8 Å². The van der Waals surface area contributed by atoms with Gasteiger partial charge in [-0.05, 0) is 65.4 Å². The van der Waals surface area contributed by atoms with Crippen LogP contribution in [0.1, 0.15) is 72.8 Å². The molecule has 0 spiro atoms. The van der Waals surface area contributed by atoms with Crippen molar-refractivity contribution < 1.29 is 14.0 Å². The molecule has 3 heterocycles. The van der Waals surface area contributed by atoms with Crippen molar-refractivity contribution in [2.24, 2.45) is 5.92 Å². The summed E-state index contributed by atoms with van der Waals surface area (Å²) in [4.78, 5) is 41.3. The van der Waals surface area contributed by atoms with Crippen molar-refractivity contribution in [2.45, 2.75) is 77.4 Å². The Morgan fingerprint density at radius 1 is 1.00 bits per heavy atom. The number of hydrogen-bond donors (Lipinski definition) is 0. The third kappa shape index (κ3) is 5.40. The van der Waals surface area contributed by atoms with Crippen LogP contribution < -0.4 is 0 Å². The summed E-state index contributed by atoms with van der Waals surface area (Å²) in [5.41, 5.74) is 2.71. The lowest BCUT2D eigenvalue weighted by molar-refractivity contribution is -0.137. The summed E-state index contributed by atoms with van der Waals surface area (Å²) < 4.78 is 14.4. The second-order valence-corrected chi connectivity index (χ2v) is 11.3. The van der Waals surface area contributed by atoms with Gasteiger partial charge in [-0.3, -0.25) is 14.5 Å². The van der Waals surface area contributed by atoms with Gasteiger partial charge in [0.1, 0.15) is 12.1 Å². The fourth-order valence-corrected chi connectivity index (χ4v) is 6.05. The SMILES string of the molecule is Cc1ncnc(C)c1C(=O)N1CCC(C)(N2CCC(N(Cc3ccccc3F)C(=O)C3CC3)CC2)CC1. The predicted molar refractivity (Wildman–Crippen MR) is 139 cm³/mol. The Balaban J connectivity index is 1.20. The number of nitrogens with zero attached hydrogens (tertiary/aromatic N) is 5. The number of halogens is 1. The van der Waals surface area contributed by atoms with Gasteiger partial charge in [0.2, 0.25) is 5.91 Å². The Bertz CT molecular complexity index is 1130. The Kier molecular flexibility index (Phi) is 7.30. The highest BCUT2D eigenvalue weighted by Gasteiger charge is 2.42. The summed E-state index contributed by atoms with van der Waals surface area (Å²) in [7, 11) is 0. The minimum atomic E-state index is -0.241. The van der Waals surface area contributed by atoms with E-state index in [0.29, 0.717) is 30.8 Å². The number of hydrogen-bond acceptors (Lipinski definition) is 5. The van der Waals surface area contributed by atoms with Gasteiger partial charge < -0.3 is 9.80 Å². The lowest BCUT2D eigenvalue weighted by atomic mass is 9.85. The van der Waals surface area contributed by atoms with Gasteiger partial charge in [-0.2, -0.15) is 0 Å². The van der Waals surface area contributed by atoms with E-state index in [9.17, 15) is 14.0 Å². The number of carbonyl (C=O) groups excluding carboxylic acids is 2. The summed E-state index contributed by atoms with van der Waals surface area (Å²) in [6.07, 6.45) is 7.02. The molecule has 2 aliphatic heterocycles. The largest absolute Gasteiger partial charge is 0.338 e. The smallest absolute Gasteiger partial charge is 0.257 e. The molecule has 8 heteroatoms. The first kappa shape index (κ1) is 25.8. The van der Waals surface area contributed by atoms with Crippen LogP contribution >= 0.6 is 0 Å². The van der Waals surface area contributed by atoms with Crippen LogP contribution in [0.4, 0.5) is 4.39 Å². The molecule has 5 rings (SSSR count). The van der Waals surface area contributed by atoms with Crippen molar-refractivity contribution in [2.75, 3.05) is 26.2 Å². The van der Waals surface area contributed by atoms with Crippen LogP contribution in [0.15, 0.2) is 30.6 Å². The van der Waals surface area contributed by atoms with E-state index in [1.807, 2.05) is 29.7 Å². The molecule has 3 aliphatic rings. The lowest BCUT2D eigenvalue weighted by Gasteiger charge is -2.50. The van der Waals surface area contributed by atoms with Gasteiger partial charge in [-0.1, -0.05) is 18.2 Å². The highest BCUT2D eigenvalue weighted by atomic mass is 19.1. The maximum atomic E-state index is 14.4. The Labute approximate surface area is 219 Å². The molecule has 37 heavy (non-hydrogen) atoms. The first-order chi connectivity index (χ1) is 17.8. The minimum absolute atomic E-state index is 0.0237. The van der Waals surface area contributed by atoms with Gasteiger partial charge in [-0.15, -0.1) is 0 Å². The molecule has 2 aromatic rings. The van der Waals surface area contributed by atoms with E-state index in [-0.39, 0.29) is 35.1 Å². The van der Waals surface area contributed by atoms with Crippen LogP contribution in [0.25, 0.3) is 0 Å². The molecule has 0 atom stereocenters. The highest BCUT2D eigenvalue weighted by molar-refractivity contribution is 5.96. The lowest BCUT2D eigenvalue weighted by Crippen LogP contribution is -2.58. The molecular formula is C29H38FN5O2. The summed E-state index contributed by atoms with van der Waals surface area (Å²) in [5.74, 6) is 0.0928. The standard InChI is InChI=1S/C29H38FN5O2/c1-20-26(21(2)32-19-31-20)28(37)33-16-12-29(3,13-17-33)34-14-10-24(11-15-34)35(27(36)22-8-9-22)18-23-6-4-5-7-25(23)30/h4-7,19,22,24H,8-18H2,1-3H3. The minimum Gasteiger partial charge on any atom is -0.338 e. The molecule has 2 amide bonds. The molecule has 0 N–H and O–H groups in total. The molecule has 0 radical (unpaired) electrons.